The van der Waals surface area contributed by atoms with E-state index in [1.54, 1.807) is 38.1 Å². The van der Waals surface area contributed by atoms with Crippen LogP contribution >= 0.6 is 0 Å². The molecule has 6 heteroatoms. The molecule has 0 aliphatic carbocycles. The van der Waals surface area contributed by atoms with Crippen LogP contribution in [0.2, 0.25) is 0 Å². The number of nitrogens with one attached hydrogen (secondary N) is 1. The molecule has 3 aromatic rings. The highest BCUT2D eigenvalue weighted by atomic mass is 16.6. The van der Waals surface area contributed by atoms with Crippen LogP contribution < -0.4 is 0 Å². The summed E-state index contributed by atoms with van der Waals surface area (Å²) in [4.78, 5) is 43.2. The fraction of sp³-hybridized carbons (Fsp3) is 0.346. The van der Waals surface area contributed by atoms with Crippen molar-refractivity contribution in [3.05, 3.63) is 71.4 Å². The Balaban J connectivity index is 2.29. The summed E-state index contributed by atoms with van der Waals surface area (Å²) in [6, 6.07) is 16.4. The van der Waals surface area contributed by atoms with Gasteiger partial charge >= 0.3 is 11.9 Å². The Hall–Kier alpha value is -3.41. The van der Waals surface area contributed by atoms with E-state index < -0.39 is 23.8 Å². The van der Waals surface area contributed by atoms with Crippen molar-refractivity contribution in [1.29, 1.82) is 0 Å². The minimum absolute atomic E-state index is 0.0391. The van der Waals surface area contributed by atoms with Crippen molar-refractivity contribution in [3.8, 4) is 0 Å². The lowest BCUT2D eigenvalue weighted by molar-refractivity contribution is -0.162. The molecule has 1 heterocycles. The number of ether oxygens (including phenoxy) is 2. The van der Waals surface area contributed by atoms with Gasteiger partial charge in [-0.05, 0) is 31.4 Å². The molecule has 0 fully saturated rings. The van der Waals surface area contributed by atoms with Crippen LogP contribution in [0, 0.1) is 5.92 Å². The molecule has 3 rings (SSSR count). The summed E-state index contributed by atoms with van der Waals surface area (Å²) in [6.07, 6.45) is 0. The molecule has 0 bridgehead atoms. The first-order chi connectivity index (χ1) is 15.4. The number of ketones is 1. The molecule has 6 nitrogen and oxygen atoms in total. The maximum Gasteiger partial charge on any atom is 0.321 e. The number of aromatic nitrogens is 1. The van der Waals surface area contributed by atoms with Crippen molar-refractivity contribution in [2.75, 3.05) is 13.2 Å². The molecule has 1 aromatic heterocycles. The van der Waals surface area contributed by atoms with Crippen molar-refractivity contribution in [1.82, 2.24) is 4.98 Å². The van der Waals surface area contributed by atoms with Gasteiger partial charge in [0.1, 0.15) is 0 Å². The lowest BCUT2D eigenvalue weighted by Gasteiger charge is -2.25. The van der Waals surface area contributed by atoms with Gasteiger partial charge < -0.3 is 14.5 Å². The molecule has 0 spiro atoms. The van der Waals surface area contributed by atoms with E-state index in [0.29, 0.717) is 11.3 Å². The summed E-state index contributed by atoms with van der Waals surface area (Å²) in [5, 5.41) is 0.954. The maximum atomic E-state index is 13.8. The minimum atomic E-state index is -1.42. The highest BCUT2D eigenvalue weighted by Gasteiger charge is 2.45. The highest BCUT2D eigenvalue weighted by Crippen LogP contribution is 2.39. The number of fused-ring (bicyclic) bond motifs is 1. The third-order valence-electron chi connectivity index (χ3n) is 5.42. The number of benzene rings is 2. The van der Waals surface area contributed by atoms with Crippen molar-refractivity contribution < 1.29 is 23.9 Å². The topological polar surface area (TPSA) is 85.5 Å². The number of hydrogen-bond donors (Lipinski definition) is 1. The summed E-state index contributed by atoms with van der Waals surface area (Å²) in [7, 11) is 0. The largest absolute Gasteiger partial charge is 0.465 e. The fourth-order valence-electron chi connectivity index (χ4n) is 4.12. The first kappa shape index (κ1) is 23.3. The summed E-state index contributed by atoms with van der Waals surface area (Å²) in [5.74, 6) is -4.38. The zero-order chi connectivity index (χ0) is 23.3. The van der Waals surface area contributed by atoms with Gasteiger partial charge in [0.15, 0.2) is 11.7 Å². The van der Waals surface area contributed by atoms with Crippen molar-refractivity contribution >= 4 is 28.6 Å². The molecule has 168 valence electrons. The number of Topliss-reactive ketones (excluding diaryl/α,β-unsaturated/α-hetero) is 1. The zero-order valence-electron chi connectivity index (χ0n) is 18.9. The van der Waals surface area contributed by atoms with Gasteiger partial charge in [0.05, 0.1) is 19.1 Å². The Morgan fingerprint density at radius 1 is 0.844 bits per heavy atom. The van der Waals surface area contributed by atoms with E-state index in [4.69, 9.17) is 9.47 Å². The average Bonchev–Trinajstić information content (AvgIpc) is 3.17. The molecule has 0 aliphatic heterocycles. The van der Waals surface area contributed by atoms with Gasteiger partial charge in [-0.1, -0.05) is 62.4 Å². The highest BCUT2D eigenvalue weighted by molar-refractivity contribution is 6.09. The molecule has 1 unspecified atom stereocenters. The van der Waals surface area contributed by atoms with E-state index in [1.807, 2.05) is 44.2 Å². The van der Waals surface area contributed by atoms with Crippen LogP contribution in [0.3, 0.4) is 0 Å². The fourth-order valence-corrected chi connectivity index (χ4v) is 4.12. The predicted molar refractivity (Wildman–Crippen MR) is 123 cm³/mol. The monoisotopic (exact) mass is 435 g/mol. The van der Waals surface area contributed by atoms with Crippen LogP contribution in [-0.4, -0.2) is 35.9 Å². The lowest BCUT2D eigenvalue weighted by Crippen LogP contribution is -2.37. The van der Waals surface area contributed by atoms with Gasteiger partial charge in [-0.3, -0.25) is 14.4 Å². The lowest BCUT2D eigenvalue weighted by atomic mass is 9.80. The Bertz CT molecular complexity index is 1080. The molecule has 0 amide bonds. The van der Waals surface area contributed by atoms with E-state index in [9.17, 15) is 14.4 Å². The maximum absolute atomic E-state index is 13.8. The molecule has 0 saturated heterocycles. The first-order valence-electron chi connectivity index (χ1n) is 10.9. The van der Waals surface area contributed by atoms with Crippen LogP contribution in [0.1, 0.15) is 61.1 Å². The van der Waals surface area contributed by atoms with E-state index in [0.717, 1.165) is 16.5 Å². The first-order valence-corrected chi connectivity index (χ1v) is 10.9. The summed E-state index contributed by atoms with van der Waals surface area (Å²) < 4.78 is 10.5. The van der Waals surface area contributed by atoms with Crippen LogP contribution in [0.5, 0.6) is 0 Å². The minimum Gasteiger partial charge on any atom is -0.465 e. The van der Waals surface area contributed by atoms with E-state index in [1.165, 1.54) is 0 Å². The number of aromatic amines is 1. The molecule has 32 heavy (non-hydrogen) atoms. The third kappa shape index (κ3) is 4.59. The summed E-state index contributed by atoms with van der Waals surface area (Å²) in [6.45, 7) is 7.54. The molecule has 1 atom stereocenters. The quantitative estimate of drug-likeness (QED) is 0.290. The molecule has 0 aliphatic rings. The molecular formula is C26H29NO5. The Morgan fingerprint density at radius 3 is 1.97 bits per heavy atom. The Kier molecular flexibility index (Phi) is 7.46. The smallest absolute Gasteiger partial charge is 0.321 e. The Morgan fingerprint density at radius 2 is 1.41 bits per heavy atom. The van der Waals surface area contributed by atoms with Gasteiger partial charge in [0, 0.05) is 22.2 Å². The molecule has 2 aromatic carbocycles. The van der Waals surface area contributed by atoms with Crippen LogP contribution in [0.15, 0.2) is 54.6 Å². The standard InChI is InChI=1S/C26H29NO5/c1-5-31-25(29)22(26(30)32-6-2)21(24(28)17-12-8-7-9-13-17)23-20(16(3)4)18-14-10-11-15-19(18)27-23/h7-16,21-22,27H,5-6H2,1-4H3. The van der Waals surface area contributed by atoms with E-state index >= 15 is 0 Å². The number of H-pyrrole nitrogens is 1. The SMILES string of the molecule is CCOC(=O)C(C(=O)OCC)C(C(=O)c1ccccc1)c1[nH]c2ccccc2c1C(C)C. The second-order valence-electron chi connectivity index (χ2n) is 7.84. The van der Waals surface area contributed by atoms with Gasteiger partial charge in [-0.2, -0.15) is 0 Å². The molecule has 0 saturated carbocycles. The number of esters is 2. The van der Waals surface area contributed by atoms with Gasteiger partial charge in [-0.15, -0.1) is 0 Å². The van der Waals surface area contributed by atoms with Crippen molar-refractivity contribution in [2.24, 2.45) is 5.92 Å². The van der Waals surface area contributed by atoms with Crippen LogP contribution in [-0.2, 0) is 19.1 Å². The van der Waals surface area contributed by atoms with Crippen molar-refractivity contribution in [3.63, 3.8) is 0 Å². The number of hydrogen-bond acceptors (Lipinski definition) is 5. The van der Waals surface area contributed by atoms with Gasteiger partial charge in [0.25, 0.3) is 0 Å². The molecular weight excluding hydrogens is 406 g/mol. The summed E-state index contributed by atoms with van der Waals surface area (Å²) in [5.41, 5.74) is 2.68. The van der Waals surface area contributed by atoms with Crippen molar-refractivity contribution in [2.45, 2.75) is 39.5 Å². The summed E-state index contributed by atoms with van der Waals surface area (Å²) >= 11 is 0. The Labute approximate surface area is 187 Å². The second kappa shape index (κ2) is 10.3. The van der Waals surface area contributed by atoms with E-state index in [2.05, 4.69) is 4.98 Å². The zero-order valence-corrected chi connectivity index (χ0v) is 18.9. The van der Waals surface area contributed by atoms with Crippen LogP contribution in [0.4, 0.5) is 0 Å². The van der Waals surface area contributed by atoms with Gasteiger partial charge in [0.2, 0.25) is 0 Å². The second-order valence-corrected chi connectivity index (χ2v) is 7.84. The van der Waals surface area contributed by atoms with Gasteiger partial charge in [-0.25, -0.2) is 0 Å². The number of carbonyl (C=O) groups excluding carboxylic acids is 3. The van der Waals surface area contributed by atoms with Crippen LogP contribution in [0.25, 0.3) is 10.9 Å². The number of para-hydroxylation sites is 1. The number of carbonyl (C=O) groups is 3. The number of rotatable bonds is 9. The normalized spacial score (nSPS) is 12.2. The molecule has 0 radical (unpaired) electrons. The van der Waals surface area contributed by atoms with E-state index in [-0.39, 0.29) is 24.9 Å². The predicted octanol–water partition coefficient (Wildman–Crippen LogP) is 5.00. The molecule has 1 N–H and O–H groups in total. The third-order valence-corrected chi connectivity index (χ3v) is 5.42. The average molecular weight is 436 g/mol.